The third-order valence-corrected chi connectivity index (χ3v) is 4.01. The third-order valence-electron chi connectivity index (χ3n) is 4.01. The monoisotopic (exact) mass is 326 g/mol. The van der Waals surface area contributed by atoms with Crippen molar-refractivity contribution in [2.75, 3.05) is 0 Å². The molecule has 2 aromatic carbocycles. The molecule has 0 spiro atoms. The molecule has 0 bridgehead atoms. The van der Waals surface area contributed by atoms with Crippen LogP contribution in [0.3, 0.4) is 0 Å². The molecule has 3 nitrogen and oxygen atoms in total. The molecule has 2 rings (SSSR count). The van der Waals surface area contributed by atoms with E-state index in [1.165, 1.54) is 0 Å². The normalized spacial score (nSPS) is 16.2. The molecule has 0 aliphatic rings. The summed E-state index contributed by atoms with van der Waals surface area (Å²) in [6.45, 7) is 3.34. The number of carbonyl (C=O) groups is 1. The van der Waals surface area contributed by atoms with Crippen LogP contribution in [0.1, 0.15) is 37.8 Å². The topological polar surface area (TPSA) is 57.5 Å². The van der Waals surface area contributed by atoms with Gasteiger partial charge >= 0.3 is 0 Å². The summed E-state index contributed by atoms with van der Waals surface area (Å²) in [6.07, 6.45) is 0.903. The second-order valence-electron chi connectivity index (χ2n) is 7.21. The molecule has 2 aromatic rings. The fourth-order valence-corrected chi connectivity index (χ4v) is 3.11. The highest BCUT2D eigenvalue weighted by atomic mass is 16.3. The van der Waals surface area contributed by atoms with Crippen LogP contribution in [-0.4, -0.2) is 27.2 Å². The summed E-state index contributed by atoms with van der Waals surface area (Å²) in [7, 11) is 0. The molecule has 0 aromatic heterocycles. The van der Waals surface area contributed by atoms with Gasteiger partial charge in [0.25, 0.3) is 0 Å². The molecule has 2 atom stereocenters. The Morgan fingerprint density at radius 3 is 1.42 bits per heavy atom. The second kappa shape index (κ2) is 7.73. The van der Waals surface area contributed by atoms with Gasteiger partial charge in [0.05, 0.1) is 11.2 Å². The number of rotatable bonds is 8. The van der Waals surface area contributed by atoms with E-state index in [2.05, 4.69) is 0 Å². The van der Waals surface area contributed by atoms with Gasteiger partial charge in [0.2, 0.25) is 0 Å². The first-order valence-corrected chi connectivity index (χ1v) is 8.30. The standard InChI is InChI=1S/C21H26O3/c1-20(23,13-17-9-5-3-6-10-17)15-19(22)16-21(2,24)14-18-11-7-4-8-12-18/h3-12,23-24H,13-16H2,1-2H3. The lowest BCUT2D eigenvalue weighted by atomic mass is 9.85. The van der Waals surface area contributed by atoms with E-state index >= 15 is 0 Å². The molecule has 2 N–H and O–H groups in total. The predicted molar refractivity (Wildman–Crippen MR) is 95.8 cm³/mol. The molecule has 128 valence electrons. The molecular weight excluding hydrogens is 300 g/mol. The zero-order chi connectivity index (χ0) is 17.6. The van der Waals surface area contributed by atoms with Crippen molar-refractivity contribution in [1.29, 1.82) is 0 Å². The van der Waals surface area contributed by atoms with E-state index in [1.54, 1.807) is 13.8 Å². The highest BCUT2D eigenvalue weighted by molar-refractivity contribution is 5.80. The summed E-state index contributed by atoms with van der Waals surface area (Å²) in [5, 5.41) is 21.0. The Morgan fingerprint density at radius 1 is 0.750 bits per heavy atom. The molecule has 0 amide bonds. The van der Waals surface area contributed by atoms with Crippen molar-refractivity contribution >= 4 is 5.78 Å². The molecule has 0 radical (unpaired) electrons. The zero-order valence-electron chi connectivity index (χ0n) is 14.4. The van der Waals surface area contributed by atoms with Gasteiger partial charge in [0.15, 0.2) is 0 Å². The summed E-state index contributed by atoms with van der Waals surface area (Å²) in [5.41, 5.74) is -0.236. The minimum Gasteiger partial charge on any atom is -0.389 e. The molecule has 0 aliphatic heterocycles. The fourth-order valence-electron chi connectivity index (χ4n) is 3.11. The number of carbonyl (C=O) groups excluding carboxylic acids is 1. The number of hydrogen-bond acceptors (Lipinski definition) is 3. The van der Waals surface area contributed by atoms with Gasteiger partial charge in [-0.2, -0.15) is 0 Å². The van der Waals surface area contributed by atoms with E-state index in [-0.39, 0.29) is 18.6 Å². The van der Waals surface area contributed by atoms with Gasteiger partial charge in [0, 0.05) is 25.7 Å². The predicted octanol–water partition coefficient (Wildman–Crippen LogP) is 3.32. The van der Waals surface area contributed by atoms with Crippen molar-refractivity contribution in [2.24, 2.45) is 0 Å². The Kier molecular flexibility index (Phi) is 5.92. The average molecular weight is 326 g/mol. The molecule has 0 fully saturated rings. The van der Waals surface area contributed by atoms with Crippen LogP contribution in [0, 0.1) is 0 Å². The lowest BCUT2D eigenvalue weighted by molar-refractivity contribution is -0.127. The van der Waals surface area contributed by atoms with Gasteiger partial charge < -0.3 is 10.2 Å². The minimum absolute atomic E-state index is 0.0346. The average Bonchev–Trinajstić information content (AvgIpc) is 2.46. The second-order valence-corrected chi connectivity index (χ2v) is 7.21. The van der Waals surface area contributed by atoms with Crippen molar-refractivity contribution in [1.82, 2.24) is 0 Å². The molecular formula is C21H26O3. The quantitative estimate of drug-likeness (QED) is 0.782. The highest BCUT2D eigenvalue weighted by Gasteiger charge is 2.30. The van der Waals surface area contributed by atoms with E-state index in [4.69, 9.17) is 0 Å². The van der Waals surface area contributed by atoms with Gasteiger partial charge in [-0.05, 0) is 25.0 Å². The van der Waals surface area contributed by atoms with Crippen molar-refractivity contribution in [3.63, 3.8) is 0 Å². The Bertz CT molecular complexity index is 588. The number of Topliss-reactive ketones (excluding diaryl/α,β-unsaturated/α-hetero) is 1. The maximum absolute atomic E-state index is 12.3. The van der Waals surface area contributed by atoms with Crippen LogP contribution < -0.4 is 0 Å². The summed E-state index contributed by atoms with van der Waals surface area (Å²) < 4.78 is 0. The summed E-state index contributed by atoms with van der Waals surface area (Å²) >= 11 is 0. The Labute approximate surface area is 144 Å². The number of hydrogen-bond donors (Lipinski definition) is 2. The Balaban J connectivity index is 1.91. The van der Waals surface area contributed by atoms with Crippen LogP contribution in [0.15, 0.2) is 60.7 Å². The first kappa shape index (κ1) is 18.4. The van der Waals surface area contributed by atoms with Gasteiger partial charge in [-0.1, -0.05) is 60.7 Å². The van der Waals surface area contributed by atoms with Crippen molar-refractivity contribution in [3.05, 3.63) is 71.8 Å². The van der Waals surface area contributed by atoms with Crippen molar-refractivity contribution in [3.8, 4) is 0 Å². The summed E-state index contributed by atoms with van der Waals surface area (Å²) in [4.78, 5) is 12.3. The lowest BCUT2D eigenvalue weighted by Gasteiger charge is -2.26. The smallest absolute Gasteiger partial charge is 0.138 e. The van der Waals surface area contributed by atoms with Gasteiger partial charge in [-0.3, -0.25) is 4.79 Å². The maximum atomic E-state index is 12.3. The van der Waals surface area contributed by atoms with E-state index in [9.17, 15) is 15.0 Å². The fraction of sp³-hybridized carbons (Fsp3) is 0.381. The van der Waals surface area contributed by atoms with E-state index in [0.717, 1.165) is 11.1 Å². The summed E-state index contributed by atoms with van der Waals surface area (Å²) in [5.74, 6) is -0.128. The SMILES string of the molecule is CC(O)(CC(=O)CC(C)(O)Cc1ccccc1)Cc1ccccc1. The molecule has 3 heteroatoms. The molecule has 0 aliphatic carbocycles. The number of benzene rings is 2. The van der Waals surface area contributed by atoms with Crippen LogP contribution >= 0.6 is 0 Å². The van der Waals surface area contributed by atoms with E-state index in [1.807, 2.05) is 60.7 Å². The molecule has 0 saturated carbocycles. The van der Waals surface area contributed by atoms with Crippen LogP contribution in [0.2, 0.25) is 0 Å². The van der Waals surface area contributed by atoms with Crippen LogP contribution in [-0.2, 0) is 17.6 Å². The van der Waals surface area contributed by atoms with Crippen LogP contribution in [0.4, 0.5) is 0 Å². The Morgan fingerprint density at radius 2 is 1.08 bits per heavy atom. The first-order valence-electron chi connectivity index (χ1n) is 8.30. The van der Waals surface area contributed by atoms with Gasteiger partial charge in [-0.15, -0.1) is 0 Å². The number of ketones is 1. The summed E-state index contributed by atoms with van der Waals surface area (Å²) in [6, 6.07) is 19.2. The van der Waals surface area contributed by atoms with Crippen LogP contribution in [0.25, 0.3) is 0 Å². The molecule has 2 unspecified atom stereocenters. The minimum atomic E-state index is -1.11. The highest BCUT2D eigenvalue weighted by Crippen LogP contribution is 2.23. The van der Waals surface area contributed by atoms with E-state index in [0.29, 0.717) is 12.8 Å². The molecule has 0 saturated heterocycles. The lowest BCUT2D eigenvalue weighted by Crippen LogP contribution is -2.35. The maximum Gasteiger partial charge on any atom is 0.138 e. The van der Waals surface area contributed by atoms with Crippen molar-refractivity contribution in [2.45, 2.75) is 50.7 Å². The zero-order valence-corrected chi connectivity index (χ0v) is 14.4. The molecule has 24 heavy (non-hydrogen) atoms. The van der Waals surface area contributed by atoms with Gasteiger partial charge in [0.1, 0.15) is 5.78 Å². The van der Waals surface area contributed by atoms with Gasteiger partial charge in [-0.25, -0.2) is 0 Å². The first-order chi connectivity index (χ1) is 11.3. The Hall–Kier alpha value is -1.97. The van der Waals surface area contributed by atoms with E-state index < -0.39 is 11.2 Å². The largest absolute Gasteiger partial charge is 0.389 e. The van der Waals surface area contributed by atoms with Crippen LogP contribution in [0.5, 0.6) is 0 Å². The third kappa shape index (κ3) is 6.26. The number of aliphatic hydroxyl groups is 2. The van der Waals surface area contributed by atoms with Crippen molar-refractivity contribution < 1.29 is 15.0 Å². The molecule has 0 heterocycles.